The van der Waals surface area contributed by atoms with Gasteiger partial charge in [0, 0.05) is 39.0 Å². The Morgan fingerprint density at radius 1 is 1.40 bits per heavy atom. The van der Waals surface area contributed by atoms with Gasteiger partial charge in [-0.05, 0) is 25.3 Å². The molecule has 4 heterocycles. The fraction of sp³-hybridized carbons (Fsp3) is 0.438. The van der Waals surface area contributed by atoms with Crippen molar-refractivity contribution in [2.24, 2.45) is 5.92 Å². The fourth-order valence-corrected chi connectivity index (χ4v) is 4.51. The lowest BCUT2D eigenvalue weighted by molar-refractivity contribution is 0.303. The van der Waals surface area contributed by atoms with Gasteiger partial charge in [0.1, 0.15) is 10.7 Å². The molecule has 0 N–H and O–H groups in total. The summed E-state index contributed by atoms with van der Waals surface area (Å²) in [6.45, 7) is 3.01. The third-order valence-electron chi connectivity index (χ3n) is 4.74. The molecular formula is C16H19N5O3S. The van der Waals surface area contributed by atoms with Crippen LogP contribution in [-0.2, 0) is 23.0 Å². The monoisotopic (exact) mass is 361 g/mol. The standard InChI is InChI=1S/C16H19N5O3S/c1-11-14-7-13(8-18-16(14)24-19-11)25(22,23)20(2)9-12-3-4-15-17-5-6-21(15)10-12/h5-8,12H,3-4,9-10H2,1-2H3. The molecule has 9 heteroatoms. The summed E-state index contributed by atoms with van der Waals surface area (Å²) in [7, 11) is -2.00. The van der Waals surface area contributed by atoms with Crippen molar-refractivity contribution in [1.82, 2.24) is 24.0 Å². The number of nitrogens with zero attached hydrogens (tertiary/aromatic N) is 5. The smallest absolute Gasteiger partial charge is 0.257 e. The first-order valence-corrected chi connectivity index (χ1v) is 9.57. The number of aromatic nitrogens is 4. The highest BCUT2D eigenvalue weighted by atomic mass is 32.2. The first-order valence-electron chi connectivity index (χ1n) is 8.13. The van der Waals surface area contributed by atoms with Crippen molar-refractivity contribution in [1.29, 1.82) is 0 Å². The Bertz CT molecular complexity index is 1020. The van der Waals surface area contributed by atoms with Gasteiger partial charge < -0.3 is 9.09 Å². The number of pyridine rings is 1. The Morgan fingerprint density at radius 2 is 2.24 bits per heavy atom. The van der Waals surface area contributed by atoms with Crippen molar-refractivity contribution < 1.29 is 12.9 Å². The Morgan fingerprint density at radius 3 is 3.08 bits per heavy atom. The molecule has 0 saturated carbocycles. The lowest BCUT2D eigenvalue weighted by Crippen LogP contribution is -2.35. The van der Waals surface area contributed by atoms with Crippen LogP contribution in [0.3, 0.4) is 0 Å². The van der Waals surface area contributed by atoms with E-state index in [1.807, 2.05) is 6.20 Å². The van der Waals surface area contributed by atoms with E-state index in [4.69, 9.17) is 4.52 Å². The summed E-state index contributed by atoms with van der Waals surface area (Å²) in [5, 5.41) is 4.44. The average Bonchev–Trinajstić information content (AvgIpc) is 3.21. The van der Waals surface area contributed by atoms with Crippen LogP contribution in [0.4, 0.5) is 0 Å². The number of rotatable bonds is 4. The molecule has 8 nitrogen and oxygen atoms in total. The molecule has 1 atom stereocenters. The zero-order chi connectivity index (χ0) is 17.6. The van der Waals surface area contributed by atoms with Crippen molar-refractivity contribution in [2.45, 2.75) is 31.2 Å². The van der Waals surface area contributed by atoms with Crippen molar-refractivity contribution in [3.63, 3.8) is 0 Å². The lowest BCUT2D eigenvalue weighted by Gasteiger charge is -2.27. The predicted molar refractivity (Wildman–Crippen MR) is 90.4 cm³/mol. The van der Waals surface area contributed by atoms with Crippen molar-refractivity contribution in [3.8, 4) is 0 Å². The number of aryl methyl sites for hydroxylation is 2. The molecule has 0 radical (unpaired) electrons. The van der Waals surface area contributed by atoms with Crippen LogP contribution in [-0.4, -0.2) is 46.0 Å². The van der Waals surface area contributed by atoms with Gasteiger partial charge in [0.05, 0.1) is 17.3 Å². The molecule has 0 bridgehead atoms. The largest absolute Gasteiger partial charge is 0.336 e. The molecule has 0 aliphatic carbocycles. The number of fused-ring (bicyclic) bond motifs is 2. The summed E-state index contributed by atoms with van der Waals surface area (Å²) in [4.78, 5) is 8.54. The summed E-state index contributed by atoms with van der Waals surface area (Å²) in [5.74, 6) is 1.33. The summed E-state index contributed by atoms with van der Waals surface area (Å²) in [6.07, 6.45) is 6.87. The molecule has 132 valence electrons. The Balaban J connectivity index is 1.55. The molecule has 3 aromatic rings. The van der Waals surface area contributed by atoms with E-state index in [-0.39, 0.29) is 10.8 Å². The highest BCUT2D eigenvalue weighted by Crippen LogP contribution is 2.24. The maximum absolute atomic E-state index is 12.9. The number of imidazole rings is 1. The highest BCUT2D eigenvalue weighted by Gasteiger charge is 2.27. The van der Waals surface area contributed by atoms with Crippen molar-refractivity contribution in [3.05, 3.63) is 36.2 Å². The van der Waals surface area contributed by atoms with Gasteiger partial charge in [-0.15, -0.1) is 0 Å². The maximum atomic E-state index is 12.9. The van der Waals surface area contributed by atoms with Gasteiger partial charge in [-0.1, -0.05) is 5.16 Å². The second kappa shape index (κ2) is 5.92. The molecule has 1 aliphatic rings. The summed E-state index contributed by atoms with van der Waals surface area (Å²) >= 11 is 0. The van der Waals surface area contributed by atoms with E-state index in [1.165, 1.54) is 10.5 Å². The minimum absolute atomic E-state index is 0.160. The molecule has 0 aromatic carbocycles. The molecule has 0 spiro atoms. The lowest BCUT2D eigenvalue weighted by atomic mass is 10.00. The van der Waals surface area contributed by atoms with E-state index in [0.29, 0.717) is 23.3 Å². The van der Waals surface area contributed by atoms with Crippen LogP contribution < -0.4 is 0 Å². The van der Waals surface area contributed by atoms with Gasteiger partial charge >= 0.3 is 0 Å². The van der Waals surface area contributed by atoms with Gasteiger partial charge in [-0.25, -0.2) is 22.7 Å². The second-order valence-corrected chi connectivity index (χ2v) is 8.52. The van der Waals surface area contributed by atoms with Gasteiger partial charge in [0.2, 0.25) is 10.0 Å². The number of sulfonamides is 1. The normalized spacial score (nSPS) is 18.0. The highest BCUT2D eigenvalue weighted by molar-refractivity contribution is 7.89. The third-order valence-corrected chi connectivity index (χ3v) is 6.53. The topological polar surface area (TPSA) is 94.1 Å². The van der Waals surface area contributed by atoms with E-state index >= 15 is 0 Å². The molecular weight excluding hydrogens is 342 g/mol. The molecule has 0 amide bonds. The van der Waals surface area contributed by atoms with Gasteiger partial charge in [-0.2, -0.15) is 0 Å². The molecule has 0 saturated heterocycles. The second-order valence-electron chi connectivity index (χ2n) is 6.48. The Labute approximate surface area is 145 Å². The molecule has 0 fully saturated rings. The van der Waals surface area contributed by atoms with Crippen molar-refractivity contribution >= 4 is 21.1 Å². The molecule has 25 heavy (non-hydrogen) atoms. The van der Waals surface area contributed by atoms with Crippen molar-refractivity contribution in [2.75, 3.05) is 13.6 Å². The first-order chi connectivity index (χ1) is 11.9. The third kappa shape index (κ3) is 2.83. The first kappa shape index (κ1) is 16.2. The molecule has 1 aliphatic heterocycles. The van der Waals surface area contributed by atoms with Crippen LogP contribution in [0.2, 0.25) is 0 Å². The zero-order valence-electron chi connectivity index (χ0n) is 14.1. The average molecular weight is 361 g/mol. The van der Waals surface area contributed by atoms with E-state index in [2.05, 4.69) is 19.7 Å². The van der Waals surface area contributed by atoms with E-state index in [1.54, 1.807) is 26.2 Å². The van der Waals surface area contributed by atoms with Gasteiger partial charge in [-0.3, -0.25) is 0 Å². The van der Waals surface area contributed by atoms with Crippen LogP contribution in [0.1, 0.15) is 17.9 Å². The minimum Gasteiger partial charge on any atom is -0.336 e. The fourth-order valence-electron chi connectivity index (χ4n) is 3.29. The SMILES string of the molecule is Cc1noc2ncc(S(=O)(=O)N(C)CC3CCc4nccn4C3)cc12. The van der Waals surface area contributed by atoms with Crippen LogP contribution >= 0.6 is 0 Å². The molecule has 3 aromatic heterocycles. The Hall–Kier alpha value is -2.26. The summed E-state index contributed by atoms with van der Waals surface area (Å²) in [5.41, 5.74) is 0.973. The molecule has 1 unspecified atom stereocenters. The molecule has 4 rings (SSSR count). The van der Waals surface area contributed by atoms with E-state index in [0.717, 1.165) is 25.2 Å². The van der Waals surface area contributed by atoms with E-state index in [9.17, 15) is 8.42 Å². The predicted octanol–water partition coefficient (Wildman–Crippen LogP) is 1.61. The Kier molecular flexibility index (Phi) is 3.84. The van der Waals surface area contributed by atoms with E-state index < -0.39 is 10.0 Å². The van der Waals surface area contributed by atoms with Gasteiger partial charge in [0.15, 0.2) is 0 Å². The van der Waals surface area contributed by atoms with Crippen LogP contribution in [0.15, 0.2) is 34.1 Å². The summed E-state index contributed by atoms with van der Waals surface area (Å²) < 4.78 is 34.3. The zero-order valence-corrected chi connectivity index (χ0v) is 14.9. The summed E-state index contributed by atoms with van der Waals surface area (Å²) in [6, 6.07) is 1.58. The number of hydrogen-bond donors (Lipinski definition) is 0. The maximum Gasteiger partial charge on any atom is 0.257 e. The van der Waals surface area contributed by atoms with Gasteiger partial charge in [0.25, 0.3) is 5.71 Å². The number of hydrogen-bond acceptors (Lipinski definition) is 6. The minimum atomic E-state index is -3.61. The van der Waals surface area contributed by atoms with Crippen LogP contribution in [0.5, 0.6) is 0 Å². The van der Waals surface area contributed by atoms with Crippen LogP contribution in [0, 0.1) is 12.8 Å². The van der Waals surface area contributed by atoms with Crippen LogP contribution in [0.25, 0.3) is 11.1 Å². The quantitative estimate of drug-likeness (QED) is 0.701.